The van der Waals surface area contributed by atoms with Crippen LogP contribution in [0.3, 0.4) is 0 Å². The lowest BCUT2D eigenvalue weighted by Gasteiger charge is -2.27. The van der Waals surface area contributed by atoms with Crippen molar-refractivity contribution in [3.63, 3.8) is 0 Å². The third-order valence-electron chi connectivity index (χ3n) is 7.67. The Morgan fingerprint density at radius 2 is 1.76 bits per heavy atom. The molecule has 5 rings (SSSR count). The van der Waals surface area contributed by atoms with E-state index in [9.17, 15) is 14.4 Å². The highest BCUT2D eigenvalue weighted by molar-refractivity contribution is 9.10. The Labute approximate surface area is 224 Å². The lowest BCUT2D eigenvalue weighted by atomic mass is 9.95. The van der Waals surface area contributed by atoms with Crippen molar-refractivity contribution < 1.29 is 14.4 Å². The van der Waals surface area contributed by atoms with Crippen molar-refractivity contribution in [1.82, 2.24) is 19.9 Å². The summed E-state index contributed by atoms with van der Waals surface area (Å²) in [6, 6.07) is 8.89. The molecule has 3 heterocycles. The van der Waals surface area contributed by atoms with Crippen molar-refractivity contribution in [2.75, 3.05) is 0 Å². The number of likely N-dealkylation sites (tertiary alicyclic amines) is 1. The summed E-state index contributed by atoms with van der Waals surface area (Å²) in [6.07, 6.45) is 5.34. The van der Waals surface area contributed by atoms with Gasteiger partial charge in [0, 0.05) is 29.6 Å². The normalized spacial score (nSPS) is 22.0. The maximum Gasteiger partial charge on any atom is 0.227 e. The fourth-order valence-corrected chi connectivity index (χ4v) is 5.73. The van der Waals surface area contributed by atoms with Gasteiger partial charge in [-0.2, -0.15) is 0 Å². The Morgan fingerprint density at radius 1 is 1.03 bits per heavy atom. The standard InChI is InChI=1S/C29H29BrN4O3/c1-16-5-6-27(30)33-23(16)11-25(36)24-12-29(4)13-26(29)34(24)28(37)9-19-7-20(17(2)35)10-21(8-19)22-14-31-18(3)32-15-22/h5-8,10,14-15,24,26H,9,11-13H2,1-4H3/t24-,26+,29-/m0/s1. The second kappa shape index (κ2) is 9.56. The summed E-state index contributed by atoms with van der Waals surface area (Å²) in [6.45, 7) is 7.42. The molecule has 0 N–H and O–H groups in total. The van der Waals surface area contributed by atoms with Crippen LogP contribution in [0.4, 0.5) is 0 Å². The van der Waals surface area contributed by atoms with Gasteiger partial charge in [0.2, 0.25) is 5.91 Å². The van der Waals surface area contributed by atoms with Gasteiger partial charge in [-0.05, 0) is 89.8 Å². The lowest BCUT2D eigenvalue weighted by molar-refractivity contribution is -0.138. The van der Waals surface area contributed by atoms with Crippen molar-refractivity contribution in [2.45, 2.75) is 65.5 Å². The molecule has 3 aromatic rings. The number of aryl methyl sites for hydroxylation is 2. The number of hydrogen-bond acceptors (Lipinski definition) is 6. The average molecular weight is 561 g/mol. The maximum absolute atomic E-state index is 13.7. The number of hydrogen-bond donors (Lipinski definition) is 0. The van der Waals surface area contributed by atoms with Gasteiger partial charge < -0.3 is 4.90 Å². The van der Waals surface area contributed by atoms with Gasteiger partial charge in [-0.1, -0.05) is 19.1 Å². The van der Waals surface area contributed by atoms with E-state index in [4.69, 9.17) is 0 Å². The molecule has 0 bridgehead atoms. The highest BCUT2D eigenvalue weighted by atomic mass is 79.9. The van der Waals surface area contributed by atoms with E-state index < -0.39 is 6.04 Å². The van der Waals surface area contributed by atoms with Crippen LogP contribution in [-0.2, 0) is 22.4 Å². The number of Topliss-reactive ketones (excluding diaryl/α,β-unsaturated/α-hetero) is 2. The first-order valence-corrected chi connectivity index (χ1v) is 13.2. The topological polar surface area (TPSA) is 93.1 Å². The van der Waals surface area contributed by atoms with Crippen LogP contribution >= 0.6 is 15.9 Å². The molecule has 1 saturated heterocycles. The first kappa shape index (κ1) is 25.4. The number of nitrogens with zero attached hydrogens (tertiary/aromatic N) is 4. The molecule has 2 aromatic heterocycles. The van der Waals surface area contributed by atoms with Crippen molar-refractivity contribution in [3.05, 3.63) is 75.5 Å². The number of piperidine rings is 1. The molecular weight excluding hydrogens is 532 g/mol. The monoisotopic (exact) mass is 560 g/mol. The second-order valence-electron chi connectivity index (χ2n) is 10.6. The van der Waals surface area contributed by atoms with Gasteiger partial charge in [0.1, 0.15) is 10.4 Å². The molecule has 2 aliphatic rings. The minimum Gasteiger partial charge on any atom is -0.329 e. The fraction of sp³-hybridized carbons (Fsp3) is 0.379. The molecule has 1 saturated carbocycles. The largest absolute Gasteiger partial charge is 0.329 e. The molecule has 37 heavy (non-hydrogen) atoms. The van der Waals surface area contributed by atoms with Crippen molar-refractivity contribution in [3.8, 4) is 11.1 Å². The molecular formula is C29H29BrN4O3. The van der Waals surface area contributed by atoms with E-state index in [1.54, 1.807) is 24.5 Å². The van der Waals surface area contributed by atoms with E-state index >= 15 is 0 Å². The van der Waals surface area contributed by atoms with Crippen molar-refractivity contribution in [1.29, 1.82) is 0 Å². The van der Waals surface area contributed by atoms with Gasteiger partial charge in [-0.25, -0.2) is 15.0 Å². The smallest absolute Gasteiger partial charge is 0.227 e. The van der Waals surface area contributed by atoms with Crippen LogP contribution < -0.4 is 0 Å². The van der Waals surface area contributed by atoms with Crippen LogP contribution in [0, 0.1) is 19.3 Å². The van der Waals surface area contributed by atoms with E-state index in [0.29, 0.717) is 22.4 Å². The molecule has 190 valence electrons. The molecule has 1 aliphatic carbocycles. The number of rotatable bonds is 7. The van der Waals surface area contributed by atoms with Crippen LogP contribution in [0.2, 0.25) is 0 Å². The second-order valence-corrected chi connectivity index (χ2v) is 11.4. The summed E-state index contributed by atoms with van der Waals surface area (Å²) in [5.74, 6) is 0.512. The number of benzene rings is 1. The van der Waals surface area contributed by atoms with Crippen LogP contribution in [0.5, 0.6) is 0 Å². The summed E-state index contributed by atoms with van der Waals surface area (Å²) in [5.41, 5.74) is 4.51. The van der Waals surface area contributed by atoms with E-state index in [2.05, 4.69) is 37.8 Å². The molecule has 1 amide bonds. The zero-order valence-electron chi connectivity index (χ0n) is 21.4. The quantitative estimate of drug-likeness (QED) is 0.303. The van der Waals surface area contributed by atoms with E-state index in [0.717, 1.165) is 34.4 Å². The molecule has 0 spiro atoms. The summed E-state index contributed by atoms with van der Waals surface area (Å²) in [5, 5.41) is 0. The molecule has 8 heteroatoms. The minimum absolute atomic E-state index is 0.0125. The van der Waals surface area contributed by atoms with E-state index in [1.807, 2.05) is 36.9 Å². The Morgan fingerprint density at radius 3 is 2.46 bits per heavy atom. The number of amides is 1. The molecule has 1 aromatic carbocycles. The Kier molecular flexibility index (Phi) is 6.56. The zero-order valence-corrected chi connectivity index (χ0v) is 23.0. The lowest BCUT2D eigenvalue weighted by Crippen LogP contribution is -2.44. The number of pyridine rings is 1. The van der Waals surface area contributed by atoms with Gasteiger partial charge in [-0.3, -0.25) is 14.4 Å². The third-order valence-corrected chi connectivity index (χ3v) is 8.11. The number of fused-ring (bicyclic) bond motifs is 1. The predicted molar refractivity (Wildman–Crippen MR) is 143 cm³/mol. The van der Waals surface area contributed by atoms with Gasteiger partial charge in [0.25, 0.3) is 0 Å². The molecule has 0 unspecified atom stereocenters. The average Bonchev–Trinajstić information content (AvgIpc) is 3.41. The van der Waals surface area contributed by atoms with Crippen molar-refractivity contribution in [2.24, 2.45) is 5.41 Å². The number of carbonyl (C=O) groups is 3. The number of ketones is 2. The molecule has 1 aliphatic heterocycles. The molecule has 3 atom stereocenters. The number of carbonyl (C=O) groups excluding carboxylic acids is 3. The minimum atomic E-state index is -0.461. The van der Waals surface area contributed by atoms with Crippen molar-refractivity contribution >= 4 is 33.4 Å². The molecule has 2 fully saturated rings. The van der Waals surface area contributed by atoms with E-state index in [1.165, 1.54) is 6.92 Å². The Hall–Kier alpha value is -3.26. The Balaban J connectivity index is 1.40. The van der Waals surface area contributed by atoms with Crippen LogP contribution in [0.15, 0.2) is 47.3 Å². The van der Waals surface area contributed by atoms with Crippen LogP contribution in [0.25, 0.3) is 11.1 Å². The number of halogens is 1. The van der Waals surface area contributed by atoms with Crippen LogP contribution in [0.1, 0.15) is 59.7 Å². The summed E-state index contributed by atoms with van der Waals surface area (Å²) in [7, 11) is 0. The Bertz CT molecular complexity index is 1420. The zero-order chi connectivity index (χ0) is 26.5. The third kappa shape index (κ3) is 5.12. The maximum atomic E-state index is 13.7. The molecule has 7 nitrogen and oxygen atoms in total. The summed E-state index contributed by atoms with van der Waals surface area (Å²) < 4.78 is 0.690. The summed E-state index contributed by atoms with van der Waals surface area (Å²) in [4.78, 5) is 54.2. The molecule has 0 radical (unpaired) electrons. The fourth-order valence-electron chi connectivity index (χ4n) is 5.39. The van der Waals surface area contributed by atoms with Gasteiger partial charge >= 0.3 is 0 Å². The van der Waals surface area contributed by atoms with E-state index in [-0.39, 0.29) is 41.8 Å². The van der Waals surface area contributed by atoms with Crippen LogP contribution in [-0.4, -0.2) is 49.4 Å². The van der Waals surface area contributed by atoms with Gasteiger partial charge in [0.15, 0.2) is 11.6 Å². The summed E-state index contributed by atoms with van der Waals surface area (Å²) >= 11 is 3.39. The predicted octanol–water partition coefficient (Wildman–Crippen LogP) is 4.85. The van der Waals surface area contributed by atoms with Gasteiger partial charge in [-0.15, -0.1) is 0 Å². The highest BCUT2D eigenvalue weighted by Gasteiger charge is 2.64. The highest BCUT2D eigenvalue weighted by Crippen LogP contribution is 2.59. The first-order chi connectivity index (χ1) is 17.5. The SMILES string of the molecule is CC(=O)c1cc(CC(=O)N2[C@H](C(=O)Cc3nc(Br)ccc3C)C[C@@]3(C)C[C@@H]23)cc(-c2cnc(C)nc2)c1. The van der Waals surface area contributed by atoms with Gasteiger partial charge in [0.05, 0.1) is 24.6 Å². The first-order valence-electron chi connectivity index (χ1n) is 12.4. The number of aromatic nitrogens is 3.